The topological polar surface area (TPSA) is 95.9 Å². The number of carboxylic acid groups (broad SMARTS) is 1. The van der Waals surface area contributed by atoms with E-state index in [9.17, 15) is 14.4 Å². The fourth-order valence-corrected chi connectivity index (χ4v) is 3.95. The lowest BCUT2D eigenvalue weighted by atomic mass is 9.98. The average molecular weight is 424 g/mol. The largest absolute Gasteiger partial charge is 0.480 e. The third kappa shape index (κ3) is 5.63. The minimum Gasteiger partial charge on any atom is -0.480 e. The summed E-state index contributed by atoms with van der Waals surface area (Å²) in [5, 5.41) is 11.5. The van der Waals surface area contributed by atoms with Gasteiger partial charge in [-0.1, -0.05) is 48.5 Å². The van der Waals surface area contributed by atoms with E-state index in [1.165, 1.54) is 23.1 Å². The highest BCUT2D eigenvalue weighted by Crippen LogP contribution is 2.44. The van der Waals surface area contributed by atoms with Gasteiger partial charge in [-0.3, -0.25) is 9.59 Å². The summed E-state index contributed by atoms with van der Waals surface area (Å²) in [6, 6.07) is 16.2. The molecule has 0 fully saturated rings. The highest BCUT2D eigenvalue weighted by atomic mass is 16.5. The lowest BCUT2D eigenvalue weighted by Crippen LogP contribution is -2.34. The first kappa shape index (κ1) is 22.3. The van der Waals surface area contributed by atoms with Gasteiger partial charge >= 0.3 is 12.1 Å². The van der Waals surface area contributed by atoms with Crippen LogP contribution in [0.15, 0.2) is 48.5 Å². The molecule has 1 atom stereocenters. The molecule has 0 aliphatic heterocycles. The Morgan fingerprint density at radius 2 is 1.65 bits per heavy atom. The van der Waals surface area contributed by atoms with Crippen LogP contribution in [-0.2, 0) is 14.3 Å². The highest BCUT2D eigenvalue weighted by Gasteiger charge is 2.29. The number of benzene rings is 2. The molecular weight excluding hydrogens is 396 g/mol. The van der Waals surface area contributed by atoms with E-state index in [4.69, 9.17) is 9.84 Å². The van der Waals surface area contributed by atoms with Crippen LogP contribution < -0.4 is 5.32 Å². The maximum atomic E-state index is 12.3. The first-order chi connectivity index (χ1) is 14.9. The van der Waals surface area contributed by atoms with E-state index in [-0.39, 0.29) is 37.4 Å². The van der Waals surface area contributed by atoms with Crippen molar-refractivity contribution in [1.82, 2.24) is 10.2 Å². The number of nitrogens with zero attached hydrogens (tertiary/aromatic N) is 1. The van der Waals surface area contributed by atoms with Gasteiger partial charge in [-0.15, -0.1) is 0 Å². The summed E-state index contributed by atoms with van der Waals surface area (Å²) in [6.45, 7) is 1.80. The third-order valence-corrected chi connectivity index (χ3v) is 5.53. The number of carbonyl (C=O) groups is 3. The number of carboxylic acids is 1. The standard InChI is InChI=1S/C24H28N2O5/c1-16(8-7-13-22(27)26(2)14-23(28)29)25-24(30)31-15-21-19-11-5-3-9-17(19)18-10-4-6-12-20(18)21/h3-6,9-12,16,21H,7-8,13-15H2,1-2H3,(H,25,30)(H,28,29). The van der Waals surface area contributed by atoms with Crippen molar-refractivity contribution in [2.24, 2.45) is 0 Å². The van der Waals surface area contributed by atoms with Crippen molar-refractivity contribution in [3.63, 3.8) is 0 Å². The van der Waals surface area contributed by atoms with Gasteiger partial charge in [0.15, 0.2) is 0 Å². The molecule has 1 aliphatic carbocycles. The van der Waals surface area contributed by atoms with Crippen molar-refractivity contribution in [2.75, 3.05) is 20.2 Å². The maximum Gasteiger partial charge on any atom is 0.407 e. The lowest BCUT2D eigenvalue weighted by Gasteiger charge is -2.18. The summed E-state index contributed by atoms with van der Waals surface area (Å²) in [5.41, 5.74) is 4.68. The van der Waals surface area contributed by atoms with Crippen molar-refractivity contribution in [2.45, 2.75) is 38.1 Å². The molecule has 0 spiro atoms. The van der Waals surface area contributed by atoms with Gasteiger partial charge in [0.2, 0.25) is 5.91 Å². The second-order valence-corrected chi connectivity index (χ2v) is 7.91. The molecule has 2 aromatic rings. The van der Waals surface area contributed by atoms with Gasteiger partial charge in [-0.25, -0.2) is 4.79 Å². The number of fused-ring (bicyclic) bond motifs is 3. The normalized spacial score (nSPS) is 13.1. The fraction of sp³-hybridized carbons (Fsp3) is 0.375. The van der Waals surface area contributed by atoms with Gasteiger partial charge in [-0.05, 0) is 42.0 Å². The number of aliphatic carboxylic acids is 1. The average Bonchev–Trinajstić information content (AvgIpc) is 3.05. The Labute approximate surface area is 182 Å². The number of hydrogen-bond donors (Lipinski definition) is 2. The van der Waals surface area contributed by atoms with Crippen LogP contribution in [0.1, 0.15) is 43.2 Å². The molecule has 2 amide bonds. The van der Waals surface area contributed by atoms with E-state index in [2.05, 4.69) is 29.6 Å². The zero-order valence-electron chi connectivity index (χ0n) is 17.8. The van der Waals surface area contributed by atoms with E-state index in [0.717, 1.165) is 11.1 Å². The van der Waals surface area contributed by atoms with Crippen molar-refractivity contribution in [1.29, 1.82) is 0 Å². The molecule has 0 saturated carbocycles. The summed E-state index contributed by atoms with van der Waals surface area (Å²) in [4.78, 5) is 36.0. The summed E-state index contributed by atoms with van der Waals surface area (Å²) >= 11 is 0. The molecule has 0 aromatic heterocycles. The summed E-state index contributed by atoms with van der Waals surface area (Å²) in [7, 11) is 1.47. The quantitative estimate of drug-likeness (QED) is 0.641. The number of alkyl carbamates (subject to hydrolysis) is 1. The van der Waals surface area contributed by atoms with Crippen LogP contribution in [0.2, 0.25) is 0 Å². The van der Waals surface area contributed by atoms with Gasteiger partial charge in [0.05, 0.1) is 0 Å². The van der Waals surface area contributed by atoms with Crippen LogP contribution in [0.3, 0.4) is 0 Å². The molecule has 0 bridgehead atoms. The van der Waals surface area contributed by atoms with Gasteiger partial charge in [0.25, 0.3) is 0 Å². The first-order valence-electron chi connectivity index (χ1n) is 10.4. The van der Waals surface area contributed by atoms with Gasteiger partial charge in [0, 0.05) is 25.4 Å². The van der Waals surface area contributed by atoms with Crippen LogP contribution in [0, 0.1) is 0 Å². The molecule has 164 valence electrons. The van der Waals surface area contributed by atoms with Crippen molar-refractivity contribution in [3.8, 4) is 11.1 Å². The van der Waals surface area contributed by atoms with E-state index in [0.29, 0.717) is 12.8 Å². The van der Waals surface area contributed by atoms with Crippen LogP contribution in [-0.4, -0.2) is 54.2 Å². The second-order valence-electron chi connectivity index (χ2n) is 7.91. The smallest absolute Gasteiger partial charge is 0.407 e. The minimum atomic E-state index is -1.04. The molecule has 0 saturated heterocycles. The summed E-state index contributed by atoms with van der Waals surface area (Å²) < 4.78 is 5.53. The van der Waals surface area contributed by atoms with Crippen molar-refractivity contribution in [3.05, 3.63) is 59.7 Å². The molecule has 2 aromatic carbocycles. The Bertz CT molecular complexity index is 913. The van der Waals surface area contributed by atoms with Crippen molar-refractivity contribution >= 4 is 18.0 Å². The number of carbonyl (C=O) groups excluding carboxylic acids is 2. The van der Waals surface area contributed by atoms with Gasteiger partial charge in [-0.2, -0.15) is 0 Å². The molecule has 31 heavy (non-hydrogen) atoms. The van der Waals surface area contributed by atoms with Crippen LogP contribution in [0.4, 0.5) is 4.79 Å². The monoisotopic (exact) mass is 424 g/mol. The fourth-order valence-electron chi connectivity index (χ4n) is 3.95. The van der Waals surface area contributed by atoms with E-state index >= 15 is 0 Å². The number of amides is 2. The Morgan fingerprint density at radius 3 is 2.23 bits per heavy atom. The molecule has 0 radical (unpaired) electrons. The molecule has 2 N–H and O–H groups in total. The minimum absolute atomic E-state index is 0.0100. The Morgan fingerprint density at radius 1 is 1.06 bits per heavy atom. The number of hydrogen-bond acceptors (Lipinski definition) is 4. The predicted octanol–water partition coefficient (Wildman–Crippen LogP) is 3.63. The Kier molecular flexibility index (Phi) is 7.28. The SMILES string of the molecule is CC(CCCC(=O)N(C)CC(=O)O)NC(=O)OCC1c2ccccc2-c2ccccc21. The number of ether oxygens (including phenoxy) is 1. The number of rotatable bonds is 9. The molecule has 7 heteroatoms. The zero-order chi connectivity index (χ0) is 22.4. The van der Waals surface area contributed by atoms with Gasteiger partial charge < -0.3 is 20.1 Å². The summed E-state index contributed by atoms with van der Waals surface area (Å²) in [5.74, 6) is -1.26. The predicted molar refractivity (Wildman–Crippen MR) is 117 cm³/mol. The molecule has 1 unspecified atom stereocenters. The van der Waals surface area contributed by atoms with Gasteiger partial charge in [0.1, 0.15) is 13.2 Å². The Balaban J connectivity index is 1.45. The van der Waals surface area contributed by atoms with Crippen LogP contribution >= 0.6 is 0 Å². The van der Waals surface area contributed by atoms with E-state index in [1.54, 1.807) is 0 Å². The zero-order valence-corrected chi connectivity index (χ0v) is 17.8. The molecule has 7 nitrogen and oxygen atoms in total. The molecule has 0 heterocycles. The number of likely N-dealkylation sites (N-methyl/N-ethyl adjacent to an activating group) is 1. The van der Waals surface area contributed by atoms with Crippen LogP contribution in [0.5, 0.6) is 0 Å². The molecule has 3 rings (SSSR count). The maximum absolute atomic E-state index is 12.3. The summed E-state index contributed by atoms with van der Waals surface area (Å²) in [6.07, 6.45) is 0.897. The van der Waals surface area contributed by atoms with Crippen LogP contribution in [0.25, 0.3) is 11.1 Å². The third-order valence-electron chi connectivity index (χ3n) is 5.53. The first-order valence-corrected chi connectivity index (χ1v) is 10.4. The number of nitrogens with one attached hydrogen (secondary N) is 1. The Hall–Kier alpha value is -3.35. The molecule has 1 aliphatic rings. The van der Waals surface area contributed by atoms with E-state index in [1.807, 2.05) is 31.2 Å². The second kappa shape index (κ2) is 10.1. The van der Waals surface area contributed by atoms with E-state index < -0.39 is 12.1 Å². The molecular formula is C24H28N2O5. The lowest BCUT2D eigenvalue weighted by molar-refractivity contribution is -0.143. The van der Waals surface area contributed by atoms with Crippen molar-refractivity contribution < 1.29 is 24.2 Å². The highest BCUT2D eigenvalue weighted by molar-refractivity contribution is 5.81.